The van der Waals surface area contributed by atoms with E-state index in [0.717, 1.165) is 29.6 Å². The van der Waals surface area contributed by atoms with E-state index >= 15 is 0 Å². The summed E-state index contributed by atoms with van der Waals surface area (Å²) in [4.78, 5) is 25.8. The molecule has 0 saturated carbocycles. The normalized spacial score (nSPS) is 11.1. The van der Waals surface area contributed by atoms with Crippen LogP contribution in [-0.2, 0) is 18.3 Å². The van der Waals surface area contributed by atoms with Crippen molar-refractivity contribution in [1.82, 2.24) is 19.5 Å². The summed E-state index contributed by atoms with van der Waals surface area (Å²) < 4.78 is 9.83. The van der Waals surface area contributed by atoms with Crippen molar-refractivity contribution in [1.29, 1.82) is 0 Å². The molecule has 29 heavy (non-hydrogen) atoms. The average molecular weight is 416 g/mol. The van der Waals surface area contributed by atoms with Crippen LogP contribution in [0.3, 0.4) is 0 Å². The molecule has 3 rings (SSSR count). The fourth-order valence-electron chi connectivity index (χ4n) is 2.86. The molecule has 3 aromatic rings. The van der Waals surface area contributed by atoms with Gasteiger partial charge >= 0.3 is 5.76 Å². The molecule has 9 heteroatoms. The molecule has 0 aliphatic rings. The predicted octanol–water partition coefficient (Wildman–Crippen LogP) is 1.85. The molecular weight excluding hydrogens is 390 g/mol. The number of fused-ring (bicyclic) bond motifs is 1. The molecule has 0 aliphatic carbocycles. The largest absolute Gasteiger partial charge is 0.419 e. The number of hydrogen-bond donors (Lipinski definition) is 4. The van der Waals surface area contributed by atoms with Crippen LogP contribution in [-0.4, -0.2) is 23.6 Å². The molecule has 2 aromatic carbocycles. The van der Waals surface area contributed by atoms with E-state index < -0.39 is 0 Å². The van der Waals surface area contributed by atoms with Crippen molar-refractivity contribution in [3.8, 4) is 11.1 Å². The van der Waals surface area contributed by atoms with Gasteiger partial charge in [-0.2, -0.15) is 4.83 Å². The highest BCUT2D eigenvalue weighted by Gasteiger charge is 2.07. The molecule has 1 heterocycles. The third-order valence-corrected chi connectivity index (χ3v) is 5.07. The number of hydrazine groups is 1. The van der Waals surface area contributed by atoms with Gasteiger partial charge in [-0.15, -0.1) is 0 Å². The zero-order chi connectivity index (χ0) is 20.6. The number of benzene rings is 2. The minimum Gasteiger partial charge on any atom is -0.408 e. The van der Waals surface area contributed by atoms with E-state index in [1.807, 2.05) is 18.2 Å². The van der Waals surface area contributed by atoms with E-state index in [1.165, 1.54) is 22.3 Å². The molecule has 0 unspecified atom stereocenters. The van der Waals surface area contributed by atoms with Crippen LogP contribution in [0.4, 0.5) is 0 Å². The second-order valence-electron chi connectivity index (χ2n) is 6.60. The predicted molar refractivity (Wildman–Crippen MR) is 116 cm³/mol. The summed E-state index contributed by atoms with van der Waals surface area (Å²) in [6.45, 7) is 1.26. The number of aromatic nitrogens is 1. The summed E-state index contributed by atoms with van der Waals surface area (Å²) in [5, 5.41) is 0. The Bertz CT molecular complexity index is 1010. The molecular formula is C20H25N5O3S. The summed E-state index contributed by atoms with van der Waals surface area (Å²) in [7, 11) is 1.70. The third-order valence-electron chi connectivity index (χ3n) is 4.52. The van der Waals surface area contributed by atoms with Gasteiger partial charge in [-0.25, -0.2) is 9.52 Å². The number of carbonyl (C=O) groups is 1. The molecule has 0 aliphatic heterocycles. The minimum absolute atomic E-state index is 0.0750. The molecule has 0 fully saturated rings. The van der Waals surface area contributed by atoms with E-state index in [2.05, 4.69) is 39.2 Å². The number of aryl methyl sites for hydroxylation is 1. The van der Waals surface area contributed by atoms with Gasteiger partial charge in [0.2, 0.25) is 5.91 Å². The maximum Gasteiger partial charge on any atom is 0.419 e. The lowest BCUT2D eigenvalue weighted by atomic mass is 10.0. The highest BCUT2D eigenvalue weighted by molar-refractivity contribution is 7.95. The van der Waals surface area contributed by atoms with Gasteiger partial charge in [0.05, 0.1) is 5.52 Å². The van der Waals surface area contributed by atoms with Gasteiger partial charge in [0, 0.05) is 32.1 Å². The highest BCUT2D eigenvalue weighted by Crippen LogP contribution is 2.24. The van der Waals surface area contributed by atoms with Gasteiger partial charge in [0.25, 0.3) is 0 Å². The van der Waals surface area contributed by atoms with E-state index in [0.29, 0.717) is 25.0 Å². The van der Waals surface area contributed by atoms with E-state index in [9.17, 15) is 9.59 Å². The zero-order valence-electron chi connectivity index (χ0n) is 16.2. The summed E-state index contributed by atoms with van der Waals surface area (Å²) in [6.07, 6.45) is 1.95. The second-order valence-corrected chi connectivity index (χ2v) is 7.29. The van der Waals surface area contributed by atoms with Crippen molar-refractivity contribution >= 4 is 29.1 Å². The molecule has 0 radical (unpaired) electrons. The Morgan fingerprint density at radius 1 is 1.17 bits per heavy atom. The van der Waals surface area contributed by atoms with Crippen LogP contribution in [0.1, 0.15) is 18.4 Å². The lowest BCUT2D eigenvalue weighted by molar-refractivity contribution is -0.121. The van der Waals surface area contributed by atoms with Gasteiger partial charge in [0.15, 0.2) is 5.58 Å². The minimum atomic E-state index is -0.359. The Morgan fingerprint density at radius 3 is 2.69 bits per heavy atom. The number of carbonyl (C=O) groups excluding carboxylic acids is 1. The van der Waals surface area contributed by atoms with Crippen LogP contribution >= 0.6 is 12.1 Å². The molecule has 0 bridgehead atoms. The number of hydrogen-bond acceptors (Lipinski definition) is 7. The second kappa shape index (κ2) is 10.3. The fourth-order valence-corrected chi connectivity index (χ4v) is 3.30. The van der Waals surface area contributed by atoms with Crippen molar-refractivity contribution in [3.05, 3.63) is 58.6 Å². The van der Waals surface area contributed by atoms with Crippen LogP contribution in [0.15, 0.2) is 51.7 Å². The van der Waals surface area contributed by atoms with Crippen LogP contribution in [0, 0.1) is 0 Å². The number of nitrogens with two attached hydrogens (primary N) is 1. The maximum atomic E-state index is 11.6. The summed E-state index contributed by atoms with van der Waals surface area (Å²) >= 11 is 1.24. The Balaban J connectivity index is 1.46. The quantitative estimate of drug-likeness (QED) is 0.227. The zero-order valence-corrected chi connectivity index (χ0v) is 17.1. The molecule has 154 valence electrons. The lowest BCUT2D eigenvalue weighted by Crippen LogP contribution is -2.35. The van der Waals surface area contributed by atoms with Crippen LogP contribution < -0.4 is 26.5 Å². The van der Waals surface area contributed by atoms with Crippen LogP contribution in [0.2, 0.25) is 0 Å². The Kier molecular flexibility index (Phi) is 7.48. The number of nitrogens with zero attached hydrogens (tertiary/aromatic N) is 1. The van der Waals surface area contributed by atoms with Gasteiger partial charge in [-0.1, -0.05) is 30.3 Å². The van der Waals surface area contributed by atoms with Crippen molar-refractivity contribution in [2.75, 3.05) is 13.1 Å². The van der Waals surface area contributed by atoms with E-state index in [4.69, 9.17) is 10.2 Å². The molecule has 1 aromatic heterocycles. The first kappa shape index (κ1) is 21.1. The average Bonchev–Trinajstić information content (AvgIpc) is 3.02. The molecule has 1 amide bonds. The summed E-state index contributed by atoms with van der Waals surface area (Å²) in [5.74, 6) is -0.434. The van der Waals surface area contributed by atoms with Crippen LogP contribution in [0.25, 0.3) is 22.2 Å². The number of rotatable bonds is 10. The third kappa shape index (κ3) is 5.70. The Labute approximate surface area is 173 Å². The first-order valence-corrected chi connectivity index (χ1v) is 10.2. The topological polar surface area (TPSA) is 114 Å². The first-order valence-electron chi connectivity index (χ1n) is 9.40. The molecule has 8 nitrogen and oxygen atoms in total. The molecule has 0 spiro atoms. The van der Waals surface area contributed by atoms with Gasteiger partial charge < -0.3 is 10.2 Å². The SMILES string of the molecule is Cn1c(=O)oc2ccc(-c3ccc(CCNSNNC(=O)CCCN)cc3)cc21. The first-order chi connectivity index (χ1) is 14.1. The number of amides is 1. The lowest BCUT2D eigenvalue weighted by Gasteiger charge is -2.08. The van der Waals surface area contributed by atoms with Gasteiger partial charge in [-0.3, -0.25) is 14.8 Å². The van der Waals surface area contributed by atoms with E-state index in [-0.39, 0.29) is 11.7 Å². The maximum absolute atomic E-state index is 11.6. The van der Waals surface area contributed by atoms with Gasteiger partial charge in [0.1, 0.15) is 0 Å². The smallest absolute Gasteiger partial charge is 0.408 e. The highest BCUT2D eigenvalue weighted by atomic mass is 32.2. The van der Waals surface area contributed by atoms with Crippen molar-refractivity contribution in [3.63, 3.8) is 0 Å². The Hall–Kier alpha value is -2.59. The standard InChI is InChI=1S/C20H25N5O3S/c1-25-17-13-16(8-9-18(17)28-20(25)27)15-6-4-14(5-7-15)10-12-22-29-24-23-19(26)3-2-11-21/h4-9,13,22,24H,2-3,10-12,21H2,1H3,(H,23,26). The number of oxazole rings is 1. The fraction of sp³-hybridized carbons (Fsp3) is 0.300. The van der Waals surface area contributed by atoms with Crippen molar-refractivity contribution in [2.24, 2.45) is 12.8 Å². The number of nitrogens with one attached hydrogen (secondary N) is 3. The van der Waals surface area contributed by atoms with Crippen molar-refractivity contribution in [2.45, 2.75) is 19.3 Å². The molecule has 0 atom stereocenters. The van der Waals surface area contributed by atoms with Crippen molar-refractivity contribution < 1.29 is 9.21 Å². The monoisotopic (exact) mass is 415 g/mol. The summed E-state index contributed by atoms with van der Waals surface area (Å²) in [6, 6.07) is 14.0. The Morgan fingerprint density at radius 2 is 1.93 bits per heavy atom. The summed E-state index contributed by atoms with van der Waals surface area (Å²) in [5.41, 5.74) is 12.6. The molecule has 5 N–H and O–H groups in total. The van der Waals surface area contributed by atoms with Gasteiger partial charge in [-0.05, 0) is 48.2 Å². The van der Waals surface area contributed by atoms with E-state index in [1.54, 1.807) is 7.05 Å². The van der Waals surface area contributed by atoms with Crippen LogP contribution in [0.5, 0.6) is 0 Å². The molecule has 0 saturated heterocycles.